The van der Waals surface area contributed by atoms with E-state index in [0.717, 1.165) is 5.02 Å². The molecule has 0 N–H and O–H groups in total. The quantitative estimate of drug-likeness (QED) is 0.494. The third kappa shape index (κ3) is 5.85. The Morgan fingerprint density at radius 3 is 1.64 bits per heavy atom. The molecular weight excluding hydrogens is 288 g/mol. The lowest BCUT2D eigenvalue weighted by Gasteiger charge is -2.20. The van der Waals surface area contributed by atoms with Gasteiger partial charge in [-0.3, -0.25) is 0 Å². The van der Waals surface area contributed by atoms with Crippen molar-refractivity contribution >= 4 is 11.6 Å². The lowest BCUT2D eigenvalue weighted by Crippen LogP contribution is -2.11. The minimum absolute atomic E-state index is 0.142. The molecule has 0 atom stereocenters. The summed E-state index contributed by atoms with van der Waals surface area (Å²) in [5.74, 6) is 0. The van der Waals surface area contributed by atoms with E-state index >= 15 is 0 Å². The molecule has 0 aliphatic rings. The van der Waals surface area contributed by atoms with Gasteiger partial charge in [0.1, 0.15) is 0 Å². The predicted molar refractivity (Wildman–Crippen MR) is 100 cm³/mol. The molecule has 0 aliphatic carbocycles. The van der Waals surface area contributed by atoms with Crippen LogP contribution in [0.2, 0.25) is 5.02 Å². The molecule has 2 aromatic rings. The smallest absolute Gasteiger partial charge is 0.0443 e. The zero-order valence-electron chi connectivity index (χ0n) is 15.0. The fourth-order valence-corrected chi connectivity index (χ4v) is 2.55. The second kappa shape index (κ2) is 7.33. The summed E-state index contributed by atoms with van der Waals surface area (Å²) >= 11 is 6.08. The number of aryl methyl sites for hydroxylation is 1. The van der Waals surface area contributed by atoms with Crippen LogP contribution in [0.4, 0.5) is 0 Å². The number of rotatable bonds is 0. The van der Waals surface area contributed by atoms with Gasteiger partial charge in [-0.05, 0) is 34.9 Å². The molecule has 0 nitrogen and oxygen atoms in total. The zero-order chi connectivity index (χ0) is 17.0. The minimum atomic E-state index is 0.142. The van der Waals surface area contributed by atoms with Crippen molar-refractivity contribution in [3.05, 3.63) is 70.2 Å². The van der Waals surface area contributed by atoms with Gasteiger partial charge in [0.05, 0.1) is 0 Å². The van der Waals surface area contributed by atoms with E-state index in [4.69, 9.17) is 11.6 Å². The lowest BCUT2D eigenvalue weighted by atomic mass is 9.86. The fourth-order valence-electron chi connectivity index (χ4n) is 2.15. The van der Waals surface area contributed by atoms with Gasteiger partial charge >= 0.3 is 0 Å². The standard InChI is InChI=1S/C11H15Cl.C10H14/c1-8-5-6-10(12)9(7-8)11(2,3)4;1-10(2,3)9-7-5-4-6-8-9/h5-7H,1-4H3;4-8H,1-3H3. The summed E-state index contributed by atoms with van der Waals surface area (Å²) in [5, 5.41) is 0.869. The number of hydrogen-bond acceptors (Lipinski definition) is 0. The van der Waals surface area contributed by atoms with Crippen LogP contribution in [-0.4, -0.2) is 0 Å². The summed E-state index contributed by atoms with van der Waals surface area (Å²) in [7, 11) is 0. The average Bonchev–Trinajstić information content (AvgIpc) is 2.41. The van der Waals surface area contributed by atoms with E-state index in [-0.39, 0.29) is 5.41 Å². The molecule has 0 fully saturated rings. The van der Waals surface area contributed by atoms with Crippen molar-refractivity contribution in [2.45, 2.75) is 59.3 Å². The van der Waals surface area contributed by atoms with Crippen LogP contribution in [0, 0.1) is 6.92 Å². The third-order valence-electron chi connectivity index (χ3n) is 3.57. The van der Waals surface area contributed by atoms with Gasteiger partial charge in [-0.25, -0.2) is 0 Å². The van der Waals surface area contributed by atoms with Crippen molar-refractivity contribution in [1.29, 1.82) is 0 Å². The van der Waals surface area contributed by atoms with Crippen LogP contribution in [-0.2, 0) is 10.8 Å². The SMILES string of the molecule is CC(C)(C)c1ccccc1.Cc1ccc(Cl)c(C(C)(C)C)c1. The molecule has 0 bridgehead atoms. The van der Waals surface area contributed by atoms with E-state index in [1.54, 1.807) is 0 Å². The molecule has 120 valence electrons. The molecule has 0 heterocycles. The van der Waals surface area contributed by atoms with Crippen LogP contribution in [0.5, 0.6) is 0 Å². The highest BCUT2D eigenvalue weighted by molar-refractivity contribution is 6.31. The number of benzene rings is 2. The lowest BCUT2D eigenvalue weighted by molar-refractivity contribution is 0.590. The predicted octanol–water partition coefficient (Wildman–Crippen LogP) is 6.93. The van der Waals surface area contributed by atoms with Crippen molar-refractivity contribution in [2.75, 3.05) is 0 Å². The van der Waals surface area contributed by atoms with Crippen molar-refractivity contribution in [3.8, 4) is 0 Å². The van der Waals surface area contributed by atoms with Crippen molar-refractivity contribution in [3.63, 3.8) is 0 Å². The minimum Gasteiger partial charge on any atom is -0.0840 e. The van der Waals surface area contributed by atoms with E-state index in [2.05, 4.69) is 84.9 Å². The second-order valence-electron chi connectivity index (χ2n) is 7.85. The molecule has 0 spiro atoms. The maximum absolute atomic E-state index is 6.08. The van der Waals surface area contributed by atoms with Crippen molar-refractivity contribution in [2.24, 2.45) is 0 Å². The monoisotopic (exact) mass is 316 g/mol. The van der Waals surface area contributed by atoms with E-state index in [1.165, 1.54) is 16.7 Å². The Labute approximate surface area is 141 Å². The highest BCUT2D eigenvalue weighted by atomic mass is 35.5. The van der Waals surface area contributed by atoms with E-state index in [9.17, 15) is 0 Å². The molecule has 0 saturated carbocycles. The summed E-state index contributed by atoms with van der Waals surface area (Å²) in [4.78, 5) is 0. The molecular formula is C21H29Cl. The summed E-state index contributed by atoms with van der Waals surface area (Å²) in [6.45, 7) is 15.3. The second-order valence-corrected chi connectivity index (χ2v) is 8.26. The van der Waals surface area contributed by atoms with Crippen molar-refractivity contribution < 1.29 is 0 Å². The largest absolute Gasteiger partial charge is 0.0840 e. The summed E-state index contributed by atoms with van der Waals surface area (Å²) < 4.78 is 0. The first kappa shape index (κ1) is 18.8. The van der Waals surface area contributed by atoms with E-state index in [1.807, 2.05) is 12.1 Å². The Bertz CT molecular complexity index is 584. The summed E-state index contributed by atoms with van der Waals surface area (Å²) in [5.41, 5.74) is 4.33. The maximum atomic E-state index is 6.08. The molecule has 2 aromatic carbocycles. The van der Waals surface area contributed by atoms with Gasteiger partial charge in [0.2, 0.25) is 0 Å². The number of halogens is 1. The Morgan fingerprint density at radius 1 is 0.727 bits per heavy atom. The molecule has 0 saturated heterocycles. The summed E-state index contributed by atoms with van der Waals surface area (Å²) in [6, 6.07) is 16.7. The van der Waals surface area contributed by atoms with Gasteiger partial charge in [0.25, 0.3) is 0 Å². The zero-order valence-corrected chi connectivity index (χ0v) is 15.8. The Kier molecular flexibility index (Phi) is 6.26. The Morgan fingerprint density at radius 2 is 1.27 bits per heavy atom. The van der Waals surface area contributed by atoms with Crippen LogP contribution in [0.15, 0.2) is 48.5 Å². The van der Waals surface area contributed by atoms with Crippen LogP contribution in [0.25, 0.3) is 0 Å². The Balaban J connectivity index is 0.000000224. The fraction of sp³-hybridized carbons (Fsp3) is 0.429. The Hall–Kier alpha value is -1.27. The van der Waals surface area contributed by atoms with Gasteiger partial charge in [-0.15, -0.1) is 0 Å². The van der Waals surface area contributed by atoms with E-state index < -0.39 is 0 Å². The topological polar surface area (TPSA) is 0 Å². The van der Waals surface area contributed by atoms with Gasteiger partial charge in [0, 0.05) is 5.02 Å². The molecule has 0 radical (unpaired) electrons. The van der Waals surface area contributed by atoms with Crippen LogP contribution in [0.1, 0.15) is 58.2 Å². The van der Waals surface area contributed by atoms with Gasteiger partial charge < -0.3 is 0 Å². The van der Waals surface area contributed by atoms with Crippen LogP contribution < -0.4 is 0 Å². The highest BCUT2D eigenvalue weighted by Gasteiger charge is 2.16. The molecule has 2 rings (SSSR count). The first-order valence-corrected chi connectivity index (χ1v) is 8.22. The molecule has 0 aliphatic heterocycles. The first-order valence-electron chi connectivity index (χ1n) is 7.84. The normalized spacial score (nSPS) is 11.6. The maximum Gasteiger partial charge on any atom is 0.0443 e. The first-order chi connectivity index (χ1) is 10.0. The molecule has 0 amide bonds. The number of hydrogen-bond donors (Lipinski definition) is 0. The van der Waals surface area contributed by atoms with E-state index in [0.29, 0.717) is 5.41 Å². The molecule has 1 heteroatoms. The van der Waals surface area contributed by atoms with Gasteiger partial charge in [-0.1, -0.05) is 101 Å². The molecule has 0 aromatic heterocycles. The highest BCUT2D eigenvalue weighted by Crippen LogP contribution is 2.29. The van der Waals surface area contributed by atoms with Crippen molar-refractivity contribution in [1.82, 2.24) is 0 Å². The van der Waals surface area contributed by atoms with Crippen LogP contribution >= 0.6 is 11.6 Å². The van der Waals surface area contributed by atoms with Crippen LogP contribution in [0.3, 0.4) is 0 Å². The summed E-state index contributed by atoms with van der Waals surface area (Å²) in [6.07, 6.45) is 0. The average molecular weight is 317 g/mol. The molecule has 22 heavy (non-hydrogen) atoms. The third-order valence-corrected chi connectivity index (χ3v) is 3.90. The van der Waals surface area contributed by atoms with Gasteiger partial charge in [-0.2, -0.15) is 0 Å². The van der Waals surface area contributed by atoms with Gasteiger partial charge in [0.15, 0.2) is 0 Å². The molecule has 0 unspecified atom stereocenters.